The summed E-state index contributed by atoms with van der Waals surface area (Å²) in [5, 5.41) is 14.6. The second-order valence-corrected chi connectivity index (χ2v) is 9.51. The Labute approximate surface area is 206 Å². The number of nitrogens with zero attached hydrogens (tertiary/aromatic N) is 2. The summed E-state index contributed by atoms with van der Waals surface area (Å²) in [7, 11) is 3.44. The Hall–Kier alpha value is -3.76. The number of hydrogen-bond donors (Lipinski definition) is 3. The number of ether oxygens (including phenoxy) is 1. The molecule has 1 heterocycles. The summed E-state index contributed by atoms with van der Waals surface area (Å²) in [5.74, 6) is -1.77. The Morgan fingerprint density at radius 2 is 1.69 bits per heavy atom. The summed E-state index contributed by atoms with van der Waals surface area (Å²) in [6.07, 6.45) is -0.677. The molecule has 35 heavy (non-hydrogen) atoms. The third-order valence-electron chi connectivity index (χ3n) is 5.71. The number of nitrogens with one attached hydrogen (secondary N) is 2. The standard InChI is InChI=1S/C25H26N4O5S/c1-14-21(22(30)27-20(23(31)32)12-29(2)3)35-24(26-14)28-25(33)34-13-19-17-10-6-4-8-15(17)16-9-5-7-11-18(16)19/h4-11,19-20H,12-13H2,1-3H3,(H,27,30)(H,31,32)(H,26,28,33)/t20-/m0/s1. The number of benzene rings is 2. The van der Waals surface area contributed by atoms with E-state index in [9.17, 15) is 19.5 Å². The Morgan fingerprint density at radius 3 is 2.26 bits per heavy atom. The average molecular weight is 495 g/mol. The predicted molar refractivity (Wildman–Crippen MR) is 133 cm³/mol. The van der Waals surface area contributed by atoms with Crippen LogP contribution in [0.2, 0.25) is 0 Å². The van der Waals surface area contributed by atoms with E-state index < -0.39 is 24.0 Å². The van der Waals surface area contributed by atoms with Crippen LogP contribution in [0.3, 0.4) is 0 Å². The van der Waals surface area contributed by atoms with E-state index in [4.69, 9.17) is 4.74 Å². The molecule has 4 rings (SSSR count). The minimum atomic E-state index is -1.13. The molecule has 1 aliphatic rings. The van der Waals surface area contributed by atoms with Gasteiger partial charge in [0.1, 0.15) is 17.5 Å². The molecule has 9 nitrogen and oxygen atoms in total. The maximum Gasteiger partial charge on any atom is 0.413 e. The summed E-state index contributed by atoms with van der Waals surface area (Å²) in [6.45, 7) is 1.92. The zero-order valence-electron chi connectivity index (χ0n) is 19.6. The number of carbonyl (C=O) groups is 3. The molecule has 3 N–H and O–H groups in total. The molecule has 2 amide bonds. The lowest BCUT2D eigenvalue weighted by molar-refractivity contribution is -0.139. The predicted octanol–water partition coefficient (Wildman–Crippen LogP) is 3.56. The van der Waals surface area contributed by atoms with Gasteiger partial charge in [0.05, 0.1) is 5.69 Å². The second kappa shape index (κ2) is 10.2. The zero-order valence-corrected chi connectivity index (χ0v) is 20.4. The number of hydrogen-bond acceptors (Lipinski definition) is 7. The number of anilines is 1. The van der Waals surface area contributed by atoms with Crippen LogP contribution in [0, 0.1) is 6.92 Å². The van der Waals surface area contributed by atoms with Crippen molar-refractivity contribution in [2.45, 2.75) is 18.9 Å². The van der Waals surface area contributed by atoms with Gasteiger partial charge in [0, 0.05) is 12.5 Å². The monoisotopic (exact) mass is 494 g/mol. The molecule has 0 radical (unpaired) electrons. The van der Waals surface area contributed by atoms with Gasteiger partial charge >= 0.3 is 12.1 Å². The lowest BCUT2D eigenvalue weighted by atomic mass is 9.98. The quantitative estimate of drug-likeness (QED) is 0.438. The van der Waals surface area contributed by atoms with Crippen LogP contribution in [0.25, 0.3) is 11.1 Å². The van der Waals surface area contributed by atoms with Crippen LogP contribution in [0.1, 0.15) is 32.4 Å². The van der Waals surface area contributed by atoms with Gasteiger partial charge in [0.2, 0.25) is 0 Å². The van der Waals surface area contributed by atoms with Crippen molar-refractivity contribution in [1.29, 1.82) is 0 Å². The van der Waals surface area contributed by atoms with Gasteiger partial charge in [-0.25, -0.2) is 14.6 Å². The van der Waals surface area contributed by atoms with Gasteiger partial charge in [-0.1, -0.05) is 59.9 Å². The van der Waals surface area contributed by atoms with E-state index in [1.807, 2.05) is 36.4 Å². The summed E-state index contributed by atoms with van der Waals surface area (Å²) in [5.41, 5.74) is 4.87. The Kier molecular flexibility index (Phi) is 7.13. The summed E-state index contributed by atoms with van der Waals surface area (Å²) < 4.78 is 5.53. The molecule has 2 aromatic carbocycles. The largest absolute Gasteiger partial charge is 0.480 e. The van der Waals surface area contributed by atoms with Crippen LogP contribution < -0.4 is 10.6 Å². The summed E-state index contributed by atoms with van der Waals surface area (Å²) >= 11 is 0.962. The van der Waals surface area contributed by atoms with Gasteiger partial charge in [-0.15, -0.1) is 0 Å². The molecule has 0 aliphatic heterocycles. The van der Waals surface area contributed by atoms with E-state index in [1.165, 1.54) is 0 Å². The van der Waals surface area contributed by atoms with E-state index >= 15 is 0 Å². The van der Waals surface area contributed by atoms with Gasteiger partial charge in [-0.05, 0) is 43.3 Å². The molecule has 10 heteroatoms. The van der Waals surface area contributed by atoms with Crippen LogP contribution in [0.15, 0.2) is 48.5 Å². The highest BCUT2D eigenvalue weighted by Crippen LogP contribution is 2.44. The number of rotatable bonds is 8. The Bertz CT molecular complexity index is 1230. The van der Waals surface area contributed by atoms with Crippen LogP contribution in [-0.4, -0.2) is 66.2 Å². The summed E-state index contributed by atoms with van der Waals surface area (Å²) in [4.78, 5) is 42.7. The van der Waals surface area contributed by atoms with Crippen molar-refractivity contribution < 1.29 is 24.2 Å². The first-order valence-corrected chi connectivity index (χ1v) is 11.8. The number of thiazole rings is 1. The number of carboxylic acids is 1. The van der Waals surface area contributed by atoms with Crippen LogP contribution in [0.5, 0.6) is 0 Å². The molecule has 0 unspecified atom stereocenters. The van der Waals surface area contributed by atoms with Crippen LogP contribution in [0.4, 0.5) is 9.93 Å². The second-order valence-electron chi connectivity index (χ2n) is 8.51. The van der Waals surface area contributed by atoms with Crippen LogP contribution >= 0.6 is 11.3 Å². The molecule has 3 aromatic rings. The van der Waals surface area contributed by atoms with Crippen molar-refractivity contribution in [3.63, 3.8) is 0 Å². The molecular weight excluding hydrogens is 468 g/mol. The molecule has 182 valence electrons. The fourth-order valence-electron chi connectivity index (χ4n) is 4.16. The molecule has 0 spiro atoms. The number of fused-ring (bicyclic) bond motifs is 3. The van der Waals surface area contributed by atoms with E-state index in [2.05, 4.69) is 27.8 Å². The normalized spacial score (nSPS) is 13.1. The van der Waals surface area contributed by atoms with Crippen molar-refractivity contribution >= 4 is 34.4 Å². The van der Waals surface area contributed by atoms with Crippen molar-refractivity contribution in [3.8, 4) is 11.1 Å². The molecule has 0 saturated carbocycles. The fourth-order valence-corrected chi connectivity index (χ4v) is 5.01. The van der Waals surface area contributed by atoms with Crippen molar-refractivity contribution in [3.05, 3.63) is 70.2 Å². The number of aromatic nitrogens is 1. The highest BCUT2D eigenvalue weighted by Gasteiger charge is 2.29. The van der Waals surface area contributed by atoms with Gasteiger partial charge < -0.3 is 20.1 Å². The van der Waals surface area contributed by atoms with E-state index in [0.717, 1.165) is 33.6 Å². The molecule has 0 saturated heterocycles. The lowest BCUT2D eigenvalue weighted by Gasteiger charge is -2.18. The molecule has 1 atom stereocenters. The SMILES string of the molecule is Cc1nc(NC(=O)OCC2c3ccccc3-c3ccccc32)sc1C(=O)N[C@@H](CN(C)C)C(=O)O. The van der Waals surface area contributed by atoms with E-state index in [0.29, 0.717) is 5.69 Å². The lowest BCUT2D eigenvalue weighted by Crippen LogP contribution is -2.46. The number of likely N-dealkylation sites (N-methyl/N-ethyl adjacent to an activating group) is 1. The van der Waals surface area contributed by atoms with Gasteiger partial charge in [0.15, 0.2) is 5.13 Å². The highest BCUT2D eigenvalue weighted by atomic mass is 32.1. The van der Waals surface area contributed by atoms with E-state index in [-0.39, 0.29) is 29.1 Å². The first kappa shape index (κ1) is 24.4. The van der Waals surface area contributed by atoms with Crippen molar-refractivity contribution in [2.24, 2.45) is 0 Å². The number of carbonyl (C=O) groups excluding carboxylic acids is 2. The Morgan fingerprint density at radius 1 is 1.09 bits per heavy atom. The van der Waals surface area contributed by atoms with Crippen LogP contribution in [-0.2, 0) is 9.53 Å². The third-order valence-corrected chi connectivity index (χ3v) is 6.78. The smallest absolute Gasteiger partial charge is 0.413 e. The minimum Gasteiger partial charge on any atom is -0.480 e. The topological polar surface area (TPSA) is 121 Å². The first-order chi connectivity index (χ1) is 16.7. The van der Waals surface area contributed by atoms with Gasteiger partial charge in [0.25, 0.3) is 5.91 Å². The fraction of sp³-hybridized carbons (Fsp3) is 0.280. The third kappa shape index (κ3) is 5.33. The average Bonchev–Trinajstić information content (AvgIpc) is 3.34. The minimum absolute atomic E-state index is 0.0721. The molecular formula is C25H26N4O5S. The molecule has 1 aromatic heterocycles. The van der Waals surface area contributed by atoms with Crippen molar-refractivity contribution in [2.75, 3.05) is 32.6 Å². The van der Waals surface area contributed by atoms with E-state index in [1.54, 1.807) is 25.9 Å². The molecule has 0 bridgehead atoms. The highest BCUT2D eigenvalue weighted by molar-refractivity contribution is 7.17. The van der Waals surface area contributed by atoms with Gasteiger partial charge in [-0.2, -0.15) is 0 Å². The number of carboxylic acid groups (broad SMARTS) is 1. The number of aryl methyl sites for hydroxylation is 1. The first-order valence-electron chi connectivity index (χ1n) is 11.0. The molecule has 1 aliphatic carbocycles. The van der Waals surface area contributed by atoms with Gasteiger partial charge in [-0.3, -0.25) is 10.1 Å². The maximum absolute atomic E-state index is 12.6. The zero-order chi connectivity index (χ0) is 25.1. The Balaban J connectivity index is 1.40. The van der Waals surface area contributed by atoms with Crippen molar-refractivity contribution in [1.82, 2.24) is 15.2 Å². The maximum atomic E-state index is 12.6. The molecule has 0 fully saturated rings. The summed E-state index contributed by atoms with van der Waals surface area (Å²) in [6, 6.07) is 15.0. The number of amides is 2. The number of aliphatic carboxylic acids is 1.